The molecule has 3 aromatic carbocycles. The summed E-state index contributed by atoms with van der Waals surface area (Å²) in [5.41, 5.74) is 6.90. The van der Waals surface area contributed by atoms with Gasteiger partial charge in [-0.3, -0.25) is 4.79 Å². The van der Waals surface area contributed by atoms with Gasteiger partial charge in [0.1, 0.15) is 5.75 Å². The Morgan fingerprint density at radius 3 is 2.71 bits per heavy atom. The van der Waals surface area contributed by atoms with Crippen molar-refractivity contribution in [2.75, 3.05) is 11.9 Å². The van der Waals surface area contributed by atoms with Gasteiger partial charge in [0.15, 0.2) is 6.61 Å². The van der Waals surface area contributed by atoms with Crippen molar-refractivity contribution in [2.24, 2.45) is 10.1 Å². The molecule has 4 aromatic rings. The number of anilines is 1. The minimum atomic E-state index is -0.183. The molecule has 0 saturated carbocycles. The first kappa shape index (κ1) is 22.3. The van der Waals surface area contributed by atoms with Crippen LogP contribution in [0.2, 0.25) is 0 Å². The van der Waals surface area contributed by atoms with Gasteiger partial charge >= 0.3 is 0 Å². The summed E-state index contributed by atoms with van der Waals surface area (Å²) in [5, 5.41) is 18.7. The monoisotopic (exact) mass is 479 g/mol. The van der Waals surface area contributed by atoms with Gasteiger partial charge in [-0.1, -0.05) is 29.8 Å². The quantitative estimate of drug-likeness (QED) is 0.410. The summed E-state index contributed by atoms with van der Waals surface area (Å²) < 4.78 is 7.29. The number of fused-ring (bicyclic) bond motifs is 1. The molecule has 0 bridgehead atoms. The number of aryl methyl sites for hydroxylation is 2. The fraction of sp³-hybridized carbons (Fsp3) is 0.111. The topological polar surface area (TPSA) is 91.8 Å². The van der Waals surface area contributed by atoms with Gasteiger partial charge in [0.05, 0.1) is 34.9 Å². The number of ether oxygens (including phenoxy) is 1. The van der Waals surface area contributed by atoms with Crippen LogP contribution in [0.5, 0.6) is 5.75 Å². The number of nitriles is 1. The van der Waals surface area contributed by atoms with E-state index in [0.717, 1.165) is 28.1 Å². The average molecular weight is 480 g/mol. The molecule has 1 aromatic heterocycles. The Balaban J connectivity index is 1.62. The van der Waals surface area contributed by atoms with Crippen LogP contribution in [0, 0.1) is 25.2 Å². The van der Waals surface area contributed by atoms with Crippen LogP contribution < -0.4 is 14.9 Å². The number of carbonyl (C=O) groups is 1. The SMILES string of the molecule is Cc1ccc(N=c2scc(-c3ccc4c(c3)NC(=O)CO4)n2N=Cc2ccc(C#N)cc2)c(C)c1. The van der Waals surface area contributed by atoms with E-state index in [-0.39, 0.29) is 12.5 Å². The van der Waals surface area contributed by atoms with Crippen LogP contribution in [-0.4, -0.2) is 23.4 Å². The molecule has 0 saturated heterocycles. The van der Waals surface area contributed by atoms with Crippen LogP contribution in [-0.2, 0) is 4.79 Å². The van der Waals surface area contributed by atoms with Gasteiger partial charge in [0, 0.05) is 10.9 Å². The van der Waals surface area contributed by atoms with E-state index in [1.165, 1.54) is 16.9 Å². The molecule has 0 spiro atoms. The molecule has 0 atom stereocenters. The molecule has 0 aliphatic carbocycles. The smallest absolute Gasteiger partial charge is 0.262 e. The van der Waals surface area contributed by atoms with Gasteiger partial charge in [-0.05, 0) is 61.4 Å². The van der Waals surface area contributed by atoms with Crippen molar-refractivity contribution in [3.05, 3.63) is 93.1 Å². The molecule has 35 heavy (non-hydrogen) atoms. The van der Waals surface area contributed by atoms with Gasteiger partial charge in [0.25, 0.3) is 5.91 Å². The van der Waals surface area contributed by atoms with Gasteiger partial charge in [-0.2, -0.15) is 10.4 Å². The largest absolute Gasteiger partial charge is 0.482 e. The lowest BCUT2D eigenvalue weighted by Crippen LogP contribution is -2.25. The first-order valence-electron chi connectivity index (χ1n) is 10.9. The second kappa shape index (κ2) is 9.41. The zero-order valence-corrected chi connectivity index (χ0v) is 20.0. The third-order valence-corrected chi connectivity index (χ3v) is 6.34. The summed E-state index contributed by atoms with van der Waals surface area (Å²) in [6, 6.07) is 21.1. The lowest BCUT2D eigenvalue weighted by molar-refractivity contribution is -0.118. The van der Waals surface area contributed by atoms with Crippen molar-refractivity contribution in [3.8, 4) is 23.1 Å². The first-order chi connectivity index (χ1) is 17.0. The Bertz CT molecular complexity index is 1570. The van der Waals surface area contributed by atoms with Crippen LogP contribution >= 0.6 is 11.3 Å². The van der Waals surface area contributed by atoms with Crippen molar-refractivity contribution in [1.29, 1.82) is 5.26 Å². The third-order valence-electron chi connectivity index (χ3n) is 5.52. The number of nitrogens with zero attached hydrogens (tertiary/aromatic N) is 4. The molecule has 1 N–H and O–H groups in total. The molecule has 1 aliphatic rings. The van der Waals surface area contributed by atoms with E-state index in [1.807, 2.05) is 54.8 Å². The van der Waals surface area contributed by atoms with Crippen LogP contribution in [0.25, 0.3) is 11.3 Å². The van der Waals surface area contributed by atoms with E-state index in [4.69, 9.17) is 20.1 Å². The highest BCUT2D eigenvalue weighted by Gasteiger charge is 2.18. The van der Waals surface area contributed by atoms with Gasteiger partial charge < -0.3 is 10.1 Å². The Hall–Kier alpha value is -4.48. The summed E-state index contributed by atoms with van der Waals surface area (Å²) in [5.74, 6) is 0.452. The molecule has 7 nitrogen and oxygen atoms in total. The minimum Gasteiger partial charge on any atom is -0.482 e. The zero-order chi connectivity index (χ0) is 24.4. The van der Waals surface area contributed by atoms with Crippen LogP contribution in [0.3, 0.4) is 0 Å². The number of rotatable bonds is 4. The molecular weight excluding hydrogens is 458 g/mol. The fourth-order valence-corrected chi connectivity index (χ4v) is 4.58. The third kappa shape index (κ3) is 4.76. The highest BCUT2D eigenvalue weighted by atomic mass is 32.1. The second-order valence-electron chi connectivity index (χ2n) is 8.14. The molecule has 0 fully saturated rings. The molecule has 8 heteroatoms. The standard InChI is InChI=1S/C27H21N5O2S/c1-17-3-9-22(18(2)11-17)31-27-32(29-14-20-6-4-19(13-28)5-7-20)24(16-35-27)21-8-10-25-23(12-21)30-26(33)15-34-25/h3-12,14,16H,15H2,1-2H3,(H,30,33). The summed E-state index contributed by atoms with van der Waals surface area (Å²) in [7, 11) is 0. The maximum atomic E-state index is 11.8. The number of carbonyl (C=O) groups excluding carboxylic acids is 1. The van der Waals surface area contributed by atoms with E-state index in [2.05, 4.69) is 24.4 Å². The van der Waals surface area contributed by atoms with Crippen molar-refractivity contribution in [3.63, 3.8) is 0 Å². The van der Waals surface area contributed by atoms with Gasteiger partial charge in [-0.15, -0.1) is 11.3 Å². The van der Waals surface area contributed by atoms with Crippen LogP contribution in [0.1, 0.15) is 22.3 Å². The maximum Gasteiger partial charge on any atom is 0.262 e. The zero-order valence-electron chi connectivity index (χ0n) is 19.1. The molecule has 172 valence electrons. The molecule has 0 unspecified atom stereocenters. The predicted molar refractivity (Wildman–Crippen MR) is 137 cm³/mol. The number of amides is 1. The Morgan fingerprint density at radius 1 is 1.11 bits per heavy atom. The highest BCUT2D eigenvalue weighted by molar-refractivity contribution is 7.07. The number of hydrogen-bond donors (Lipinski definition) is 1. The van der Waals surface area contributed by atoms with E-state index < -0.39 is 0 Å². The van der Waals surface area contributed by atoms with E-state index in [1.54, 1.807) is 23.0 Å². The Labute approximate surface area is 206 Å². The molecule has 1 amide bonds. The van der Waals surface area contributed by atoms with Crippen molar-refractivity contribution in [1.82, 2.24) is 4.68 Å². The first-order valence-corrected chi connectivity index (χ1v) is 11.8. The van der Waals surface area contributed by atoms with E-state index >= 15 is 0 Å². The molecular formula is C27H21N5O2S. The maximum absolute atomic E-state index is 11.8. The van der Waals surface area contributed by atoms with Gasteiger partial charge in [-0.25, -0.2) is 9.67 Å². The highest BCUT2D eigenvalue weighted by Crippen LogP contribution is 2.33. The van der Waals surface area contributed by atoms with Crippen molar-refractivity contribution in [2.45, 2.75) is 13.8 Å². The van der Waals surface area contributed by atoms with E-state index in [9.17, 15) is 4.79 Å². The summed E-state index contributed by atoms with van der Waals surface area (Å²) in [6.07, 6.45) is 1.74. The summed E-state index contributed by atoms with van der Waals surface area (Å²) in [4.78, 5) is 17.4. The Kier molecular flexibility index (Phi) is 6.00. The van der Waals surface area contributed by atoms with Crippen molar-refractivity contribution < 1.29 is 9.53 Å². The molecule has 5 rings (SSSR count). The van der Waals surface area contributed by atoms with Crippen LogP contribution in [0.15, 0.2) is 76.1 Å². The van der Waals surface area contributed by atoms with Crippen LogP contribution in [0.4, 0.5) is 11.4 Å². The number of benzene rings is 3. The van der Waals surface area contributed by atoms with Gasteiger partial charge in [0.2, 0.25) is 4.80 Å². The number of nitrogens with one attached hydrogen (secondary N) is 1. The number of thiazole rings is 1. The number of hydrogen-bond acceptors (Lipinski definition) is 6. The average Bonchev–Trinajstić information content (AvgIpc) is 3.26. The van der Waals surface area contributed by atoms with Crippen molar-refractivity contribution >= 4 is 34.8 Å². The lowest BCUT2D eigenvalue weighted by atomic mass is 10.1. The predicted octanol–water partition coefficient (Wildman–Crippen LogP) is 5.15. The molecule has 2 heterocycles. The van der Waals surface area contributed by atoms with E-state index in [0.29, 0.717) is 21.8 Å². The second-order valence-corrected chi connectivity index (χ2v) is 8.98. The minimum absolute atomic E-state index is 0.0125. The normalized spacial score (nSPS) is 13.3. The molecule has 1 aliphatic heterocycles. The molecule has 0 radical (unpaired) electrons. The number of aromatic nitrogens is 1. The lowest BCUT2D eigenvalue weighted by Gasteiger charge is -2.18. The Morgan fingerprint density at radius 2 is 1.94 bits per heavy atom. The fourth-order valence-electron chi connectivity index (χ4n) is 3.73. The summed E-state index contributed by atoms with van der Waals surface area (Å²) in [6.45, 7) is 4.11. The summed E-state index contributed by atoms with van der Waals surface area (Å²) >= 11 is 1.48.